The lowest BCUT2D eigenvalue weighted by Crippen LogP contribution is -2.43. The highest BCUT2D eigenvalue weighted by Gasteiger charge is 2.48. The quantitative estimate of drug-likeness (QED) is 0.660. The van der Waals surface area contributed by atoms with Crippen LogP contribution >= 0.6 is 0 Å². The maximum absolute atomic E-state index is 6.13. The summed E-state index contributed by atoms with van der Waals surface area (Å²) in [6.07, 6.45) is 7.88. The van der Waals surface area contributed by atoms with E-state index in [-0.39, 0.29) is 0 Å². The maximum atomic E-state index is 6.13. The van der Waals surface area contributed by atoms with E-state index in [9.17, 15) is 0 Å². The predicted molar refractivity (Wildman–Crippen MR) is 86.3 cm³/mol. The maximum Gasteiger partial charge on any atom is 0.193 e. The number of aliphatic imine (C=N–C) groups is 1. The summed E-state index contributed by atoms with van der Waals surface area (Å²) in [4.78, 5) is 4.76. The van der Waals surface area contributed by atoms with Crippen LogP contribution in [0.5, 0.6) is 0 Å². The molecule has 21 heavy (non-hydrogen) atoms. The van der Waals surface area contributed by atoms with Crippen molar-refractivity contribution in [3.05, 3.63) is 29.8 Å². The minimum absolute atomic E-state index is 0.419. The molecule has 2 saturated carbocycles. The number of para-hydroxylation sites is 1. The van der Waals surface area contributed by atoms with E-state index in [1.807, 2.05) is 24.3 Å². The summed E-state index contributed by atoms with van der Waals surface area (Å²) in [5.74, 6) is 0.537. The fourth-order valence-corrected chi connectivity index (χ4v) is 3.81. The Kier molecular flexibility index (Phi) is 4.15. The van der Waals surface area contributed by atoms with Crippen LogP contribution in [-0.2, 0) is 11.3 Å². The smallest absolute Gasteiger partial charge is 0.193 e. The summed E-state index contributed by atoms with van der Waals surface area (Å²) in [6.45, 7) is 0.573. The molecule has 0 radical (unpaired) electrons. The topological polar surface area (TPSA) is 59.6 Å². The van der Waals surface area contributed by atoms with Crippen LogP contribution in [0.2, 0.25) is 0 Å². The van der Waals surface area contributed by atoms with E-state index in [4.69, 9.17) is 15.5 Å². The normalized spacial score (nSPS) is 24.0. The number of nitrogens with zero attached hydrogens (tertiary/aromatic N) is 1. The van der Waals surface area contributed by atoms with Crippen molar-refractivity contribution < 1.29 is 4.74 Å². The number of nitrogens with two attached hydrogens (primary N) is 1. The SMILES string of the molecule is COCc1ccccc1NC(N)=NC1CCC12CCCC2. The standard InChI is InChI=1S/C17H25N3O/c1-21-12-13-6-2-3-7-14(13)19-16(18)20-15-8-11-17(15)9-4-5-10-17/h2-3,6-7,15H,4-5,8-12H2,1H3,(H3,18,19,20). The number of rotatable bonds is 4. The second-order valence-corrected chi connectivity index (χ2v) is 6.35. The molecule has 2 aliphatic carbocycles. The number of hydrogen-bond acceptors (Lipinski definition) is 2. The van der Waals surface area contributed by atoms with Gasteiger partial charge in [0.05, 0.1) is 12.6 Å². The van der Waals surface area contributed by atoms with E-state index >= 15 is 0 Å². The highest BCUT2D eigenvalue weighted by Crippen LogP contribution is 2.54. The third-order valence-corrected chi connectivity index (χ3v) is 5.10. The van der Waals surface area contributed by atoms with Gasteiger partial charge in [0, 0.05) is 18.4 Å². The van der Waals surface area contributed by atoms with Crippen LogP contribution in [0.3, 0.4) is 0 Å². The molecular weight excluding hydrogens is 262 g/mol. The van der Waals surface area contributed by atoms with Crippen LogP contribution in [0, 0.1) is 5.41 Å². The molecule has 1 unspecified atom stereocenters. The van der Waals surface area contributed by atoms with Gasteiger partial charge < -0.3 is 15.8 Å². The van der Waals surface area contributed by atoms with Crippen LogP contribution in [0.25, 0.3) is 0 Å². The average Bonchev–Trinajstić information content (AvgIpc) is 2.98. The van der Waals surface area contributed by atoms with Gasteiger partial charge in [0.1, 0.15) is 0 Å². The summed E-state index contributed by atoms with van der Waals surface area (Å²) in [5, 5.41) is 3.25. The Hall–Kier alpha value is -1.55. The average molecular weight is 287 g/mol. The first-order chi connectivity index (χ1) is 10.2. The van der Waals surface area contributed by atoms with Crippen molar-refractivity contribution in [2.24, 2.45) is 16.1 Å². The fourth-order valence-electron chi connectivity index (χ4n) is 3.81. The molecule has 0 saturated heterocycles. The highest BCUT2D eigenvalue weighted by atomic mass is 16.5. The molecule has 0 amide bonds. The van der Waals surface area contributed by atoms with Crippen LogP contribution in [-0.4, -0.2) is 19.1 Å². The zero-order chi connectivity index (χ0) is 14.7. The van der Waals surface area contributed by atoms with Gasteiger partial charge in [-0.15, -0.1) is 0 Å². The molecule has 0 aromatic heterocycles. The van der Waals surface area contributed by atoms with Crippen molar-refractivity contribution in [3.8, 4) is 0 Å². The molecule has 4 heteroatoms. The van der Waals surface area contributed by atoms with E-state index in [1.54, 1.807) is 7.11 Å². The molecule has 0 heterocycles. The number of guanidine groups is 1. The molecule has 2 fully saturated rings. The van der Waals surface area contributed by atoms with Crippen molar-refractivity contribution in [2.45, 2.75) is 51.2 Å². The second kappa shape index (κ2) is 6.06. The summed E-state index contributed by atoms with van der Waals surface area (Å²) in [7, 11) is 1.70. The van der Waals surface area contributed by atoms with Gasteiger partial charge in [-0.25, -0.2) is 4.99 Å². The first kappa shape index (κ1) is 14.4. The van der Waals surface area contributed by atoms with E-state index in [0.29, 0.717) is 24.0 Å². The monoisotopic (exact) mass is 287 g/mol. The lowest BCUT2D eigenvalue weighted by Gasteiger charge is -2.45. The van der Waals surface area contributed by atoms with Crippen molar-refractivity contribution >= 4 is 11.6 Å². The van der Waals surface area contributed by atoms with Crippen molar-refractivity contribution in [1.29, 1.82) is 0 Å². The van der Waals surface area contributed by atoms with Crippen LogP contribution in [0.1, 0.15) is 44.1 Å². The number of hydrogen-bond donors (Lipinski definition) is 2. The number of ether oxygens (including phenoxy) is 1. The Morgan fingerprint density at radius 1 is 1.33 bits per heavy atom. The van der Waals surface area contributed by atoms with Gasteiger partial charge in [0.2, 0.25) is 0 Å². The molecule has 1 aromatic rings. The Morgan fingerprint density at radius 3 is 2.76 bits per heavy atom. The van der Waals surface area contributed by atoms with Crippen LogP contribution in [0.4, 0.5) is 5.69 Å². The summed E-state index contributed by atoms with van der Waals surface area (Å²) in [5.41, 5.74) is 8.69. The van der Waals surface area contributed by atoms with E-state index in [0.717, 1.165) is 11.3 Å². The summed E-state index contributed by atoms with van der Waals surface area (Å²) < 4.78 is 5.22. The van der Waals surface area contributed by atoms with Crippen molar-refractivity contribution in [2.75, 3.05) is 12.4 Å². The zero-order valence-corrected chi connectivity index (χ0v) is 12.8. The van der Waals surface area contributed by atoms with Gasteiger partial charge in [-0.1, -0.05) is 31.0 Å². The van der Waals surface area contributed by atoms with Gasteiger partial charge in [0.15, 0.2) is 5.96 Å². The molecule has 3 N–H and O–H groups in total. The third kappa shape index (κ3) is 2.91. The minimum Gasteiger partial charge on any atom is -0.380 e. The largest absolute Gasteiger partial charge is 0.380 e. The molecule has 1 aromatic carbocycles. The minimum atomic E-state index is 0.419. The molecule has 4 nitrogen and oxygen atoms in total. The van der Waals surface area contributed by atoms with E-state index < -0.39 is 0 Å². The Labute approximate surface area is 126 Å². The predicted octanol–water partition coefficient (Wildman–Crippen LogP) is 3.28. The number of nitrogens with one attached hydrogen (secondary N) is 1. The number of benzene rings is 1. The molecule has 0 aliphatic heterocycles. The Bertz CT molecular complexity index is 521. The van der Waals surface area contributed by atoms with Crippen LogP contribution in [0.15, 0.2) is 29.3 Å². The molecule has 1 spiro atoms. The summed E-state index contributed by atoms with van der Waals surface area (Å²) in [6, 6.07) is 8.48. The van der Waals surface area contributed by atoms with Gasteiger partial charge >= 0.3 is 0 Å². The van der Waals surface area contributed by atoms with Gasteiger partial charge in [0.25, 0.3) is 0 Å². The lowest BCUT2D eigenvalue weighted by atomic mass is 9.63. The molecule has 2 aliphatic rings. The first-order valence-electron chi connectivity index (χ1n) is 7.91. The van der Waals surface area contributed by atoms with E-state index in [2.05, 4.69) is 5.32 Å². The van der Waals surface area contributed by atoms with Gasteiger partial charge in [-0.2, -0.15) is 0 Å². The Morgan fingerprint density at radius 2 is 2.10 bits per heavy atom. The first-order valence-corrected chi connectivity index (χ1v) is 7.91. The molecule has 0 bridgehead atoms. The summed E-state index contributed by atoms with van der Waals surface area (Å²) >= 11 is 0. The molecule has 114 valence electrons. The zero-order valence-electron chi connectivity index (χ0n) is 12.8. The molecule has 1 atom stereocenters. The lowest BCUT2D eigenvalue weighted by molar-refractivity contribution is 0.104. The number of methoxy groups -OCH3 is 1. The number of anilines is 1. The van der Waals surface area contributed by atoms with Gasteiger partial charge in [-0.3, -0.25) is 0 Å². The Balaban J connectivity index is 1.69. The molecular formula is C17H25N3O. The fraction of sp³-hybridized carbons (Fsp3) is 0.588. The second-order valence-electron chi connectivity index (χ2n) is 6.35. The highest BCUT2D eigenvalue weighted by molar-refractivity contribution is 5.93. The van der Waals surface area contributed by atoms with Crippen molar-refractivity contribution in [3.63, 3.8) is 0 Å². The van der Waals surface area contributed by atoms with Crippen molar-refractivity contribution in [1.82, 2.24) is 0 Å². The molecule has 3 rings (SSSR count). The van der Waals surface area contributed by atoms with Crippen LogP contribution < -0.4 is 11.1 Å². The van der Waals surface area contributed by atoms with E-state index in [1.165, 1.54) is 38.5 Å². The third-order valence-electron chi connectivity index (χ3n) is 5.10. The van der Waals surface area contributed by atoms with Gasteiger partial charge in [-0.05, 0) is 37.2 Å².